The Morgan fingerprint density at radius 2 is 1.03 bits per heavy atom. The van der Waals surface area contributed by atoms with Gasteiger partial charge in [-0.15, -0.1) is 22.7 Å². The summed E-state index contributed by atoms with van der Waals surface area (Å²) < 4.78 is 22.5. The van der Waals surface area contributed by atoms with Gasteiger partial charge in [0.15, 0.2) is 0 Å². The monoisotopic (exact) mass is 852 g/mol. The van der Waals surface area contributed by atoms with Crippen molar-refractivity contribution >= 4 is 45.4 Å². The van der Waals surface area contributed by atoms with Crippen LogP contribution in [0.15, 0.2) is 36.4 Å². The highest BCUT2D eigenvalue weighted by Gasteiger charge is 2.49. The lowest BCUT2D eigenvalue weighted by molar-refractivity contribution is 0.114. The van der Waals surface area contributed by atoms with Crippen molar-refractivity contribution in [2.75, 3.05) is 26.4 Å². The summed E-state index contributed by atoms with van der Waals surface area (Å²) in [4.78, 5) is 5.76. The van der Waals surface area contributed by atoms with Crippen molar-refractivity contribution in [2.24, 2.45) is 0 Å². The molecule has 0 saturated carbocycles. The molecule has 2 aliphatic carbocycles. The molecule has 5 aromatic rings. The fraction of sp³-hybridized carbons (Fsp3) is 0.615. The standard InChI is InChI=1S/C52H72N2O2S3/c1-7-11-14-16-18-20-29-55-31-22-27-52(26-13-9-3)43-34-40-42(35-41(43)50-45(52)36-46(58-50)39-24-23-37(5)47-48(39)54-59-53-47)51(25-10-4,44-33-38(6)57-49(40)44)28-32-56-30-21-19-17-15-12-8-2/h23-24,33-36H,7-22,25-32H2,1-6H3. The first-order valence-corrected chi connectivity index (χ1v) is 26.1. The van der Waals surface area contributed by atoms with Gasteiger partial charge in [-0.1, -0.05) is 123 Å². The van der Waals surface area contributed by atoms with Gasteiger partial charge in [0.25, 0.3) is 0 Å². The van der Waals surface area contributed by atoms with Gasteiger partial charge in [0.05, 0.1) is 11.7 Å². The molecule has 3 heterocycles. The van der Waals surface area contributed by atoms with Crippen LogP contribution >= 0.6 is 34.4 Å². The van der Waals surface area contributed by atoms with Crippen LogP contribution in [0.3, 0.4) is 0 Å². The predicted octanol–water partition coefficient (Wildman–Crippen LogP) is 16.5. The number of ether oxygens (including phenoxy) is 2. The molecule has 0 N–H and O–H groups in total. The van der Waals surface area contributed by atoms with Gasteiger partial charge >= 0.3 is 0 Å². The quantitative estimate of drug-likeness (QED) is 0.0494. The minimum Gasteiger partial charge on any atom is -0.381 e. The summed E-state index contributed by atoms with van der Waals surface area (Å²) in [6.07, 6.45) is 24.7. The largest absolute Gasteiger partial charge is 0.381 e. The number of fused-ring (bicyclic) bond motifs is 7. The highest BCUT2D eigenvalue weighted by Crippen LogP contribution is 2.63. The molecule has 59 heavy (non-hydrogen) atoms. The zero-order valence-electron chi connectivity index (χ0n) is 37.4. The van der Waals surface area contributed by atoms with Gasteiger partial charge in [-0.25, -0.2) is 0 Å². The number of thiophene rings is 2. The molecule has 0 spiro atoms. The summed E-state index contributed by atoms with van der Waals surface area (Å²) in [5, 5.41) is 0. The molecular formula is C52H72N2O2S3. The van der Waals surface area contributed by atoms with Gasteiger partial charge in [0.1, 0.15) is 11.0 Å². The van der Waals surface area contributed by atoms with E-state index in [2.05, 4.69) is 77.9 Å². The highest BCUT2D eigenvalue weighted by atomic mass is 32.1. The summed E-state index contributed by atoms with van der Waals surface area (Å²) >= 11 is 5.36. The van der Waals surface area contributed by atoms with Gasteiger partial charge < -0.3 is 9.47 Å². The first-order chi connectivity index (χ1) is 28.9. The maximum Gasteiger partial charge on any atom is 0.113 e. The van der Waals surface area contributed by atoms with Crippen molar-refractivity contribution in [1.82, 2.24) is 8.75 Å². The number of nitrogens with zero attached hydrogens (tertiary/aromatic N) is 2. The van der Waals surface area contributed by atoms with Crippen LogP contribution in [0.4, 0.5) is 0 Å². The van der Waals surface area contributed by atoms with E-state index in [-0.39, 0.29) is 10.8 Å². The van der Waals surface area contributed by atoms with Crippen LogP contribution < -0.4 is 0 Å². The SMILES string of the molecule is CCCCCCCCOCCCC1(CCCC)c2cc3c(cc2-c2sc(-c4ccc(C)c5nsnc45)cc21)C(CCC)(CCOCCCCCCCC)c1cc(C)sc1-3. The summed E-state index contributed by atoms with van der Waals surface area (Å²) in [7, 11) is 0. The number of aryl methyl sites for hydroxylation is 2. The minimum absolute atomic E-state index is 0.0188. The molecule has 0 fully saturated rings. The number of rotatable bonds is 27. The fourth-order valence-electron chi connectivity index (χ4n) is 10.5. The summed E-state index contributed by atoms with van der Waals surface area (Å²) in [6.45, 7) is 17.2. The van der Waals surface area contributed by atoms with Crippen LogP contribution in [-0.2, 0) is 20.3 Å². The third kappa shape index (κ3) is 9.36. The van der Waals surface area contributed by atoms with Crippen molar-refractivity contribution in [1.29, 1.82) is 0 Å². The van der Waals surface area contributed by atoms with Crippen LogP contribution in [0.2, 0.25) is 0 Å². The number of hydrogen-bond donors (Lipinski definition) is 0. The second-order valence-corrected chi connectivity index (χ2v) is 20.8. The molecule has 2 atom stereocenters. The van der Waals surface area contributed by atoms with E-state index in [1.807, 2.05) is 22.7 Å². The molecule has 0 radical (unpaired) electrons. The van der Waals surface area contributed by atoms with Crippen molar-refractivity contribution < 1.29 is 9.47 Å². The Bertz CT molecular complexity index is 2110. The van der Waals surface area contributed by atoms with E-state index in [0.29, 0.717) is 0 Å². The number of aromatic nitrogens is 2. The third-order valence-corrected chi connectivity index (χ3v) is 16.5. The van der Waals surface area contributed by atoms with E-state index in [0.717, 1.165) is 69.6 Å². The lowest BCUT2D eigenvalue weighted by Gasteiger charge is -2.34. The van der Waals surface area contributed by atoms with E-state index in [1.54, 1.807) is 22.3 Å². The minimum atomic E-state index is -0.0409. The summed E-state index contributed by atoms with van der Waals surface area (Å²) in [5.41, 5.74) is 13.7. The average Bonchev–Trinajstić information content (AvgIpc) is 4.06. The first kappa shape index (κ1) is 44.6. The number of unbranched alkanes of at least 4 members (excludes halogenated alkanes) is 11. The first-order valence-electron chi connectivity index (χ1n) is 23.7. The average molecular weight is 853 g/mol. The summed E-state index contributed by atoms with van der Waals surface area (Å²) in [6, 6.07) is 15.1. The Morgan fingerprint density at radius 1 is 0.475 bits per heavy atom. The molecule has 3 aromatic heterocycles. The Morgan fingerprint density at radius 3 is 1.71 bits per heavy atom. The van der Waals surface area contributed by atoms with Gasteiger partial charge in [0.2, 0.25) is 0 Å². The Balaban J connectivity index is 1.25. The predicted molar refractivity (Wildman–Crippen MR) is 257 cm³/mol. The third-order valence-electron chi connectivity index (χ3n) is 13.7. The Hall–Kier alpha value is -2.42. The van der Waals surface area contributed by atoms with Crippen LogP contribution in [-0.4, -0.2) is 35.2 Å². The van der Waals surface area contributed by atoms with E-state index in [9.17, 15) is 0 Å². The molecule has 0 amide bonds. The maximum atomic E-state index is 6.51. The van der Waals surface area contributed by atoms with Crippen molar-refractivity contribution in [2.45, 2.75) is 181 Å². The second-order valence-electron chi connectivity index (χ2n) is 17.9. The Labute approximate surface area is 369 Å². The van der Waals surface area contributed by atoms with Gasteiger partial charge in [-0.05, 0) is 122 Å². The van der Waals surface area contributed by atoms with Gasteiger partial charge in [-0.2, -0.15) is 8.75 Å². The molecule has 0 saturated heterocycles. The van der Waals surface area contributed by atoms with Crippen LogP contribution in [0.1, 0.15) is 189 Å². The molecule has 7 rings (SSSR count). The van der Waals surface area contributed by atoms with Crippen LogP contribution in [0.5, 0.6) is 0 Å². The Kier molecular flexibility index (Phi) is 16.0. The zero-order valence-corrected chi connectivity index (χ0v) is 39.8. The van der Waals surface area contributed by atoms with E-state index in [1.165, 1.54) is 150 Å². The summed E-state index contributed by atoms with van der Waals surface area (Å²) in [5.74, 6) is 0. The molecule has 2 unspecified atom stereocenters. The molecule has 0 aliphatic heterocycles. The molecule has 2 aliphatic rings. The molecule has 7 heteroatoms. The van der Waals surface area contributed by atoms with Crippen molar-refractivity contribution in [3.05, 3.63) is 69.1 Å². The van der Waals surface area contributed by atoms with E-state index in [4.69, 9.17) is 18.2 Å². The molecule has 2 aromatic carbocycles. The van der Waals surface area contributed by atoms with Crippen LogP contribution in [0.25, 0.3) is 42.4 Å². The van der Waals surface area contributed by atoms with Gasteiger partial charge in [-0.3, -0.25) is 0 Å². The van der Waals surface area contributed by atoms with Crippen LogP contribution in [0, 0.1) is 13.8 Å². The van der Waals surface area contributed by atoms with E-state index >= 15 is 0 Å². The molecule has 320 valence electrons. The van der Waals surface area contributed by atoms with E-state index < -0.39 is 0 Å². The van der Waals surface area contributed by atoms with Crippen molar-refractivity contribution in [3.8, 4) is 31.3 Å². The number of benzene rings is 2. The fourth-order valence-corrected chi connectivity index (χ4v) is 13.6. The topological polar surface area (TPSA) is 44.2 Å². The molecule has 0 bridgehead atoms. The van der Waals surface area contributed by atoms with Gasteiger partial charge in [0, 0.05) is 62.3 Å². The lowest BCUT2D eigenvalue weighted by atomic mass is 9.69. The van der Waals surface area contributed by atoms with Crippen molar-refractivity contribution in [3.63, 3.8) is 0 Å². The maximum absolute atomic E-state index is 6.51. The molecule has 4 nitrogen and oxygen atoms in total. The zero-order chi connectivity index (χ0) is 41.2. The highest BCUT2D eigenvalue weighted by molar-refractivity contribution is 7.19. The smallest absolute Gasteiger partial charge is 0.113 e. The normalized spacial score (nSPS) is 17.9. The second kappa shape index (κ2) is 21.1. The number of hydrogen-bond acceptors (Lipinski definition) is 7. The lowest BCUT2D eigenvalue weighted by Crippen LogP contribution is -2.28. The molecular weight excluding hydrogens is 781 g/mol.